The first-order valence-electron chi connectivity index (χ1n) is 29.1. The zero-order valence-electron chi connectivity index (χ0n) is 47.3. The van der Waals surface area contributed by atoms with E-state index < -0.39 is 55.9 Å². The predicted octanol–water partition coefficient (Wildman–Crippen LogP) is 14.7. The molecule has 1 aliphatic rings. The summed E-state index contributed by atoms with van der Waals surface area (Å²) in [5.41, 5.74) is 2.15. The third-order valence-corrected chi connectivity index (χ3v) is 14.2. The van der Waals surface area contributed by atoms with Gasteiger partial charge >= 0.3 is 35.8 Å². The van der Waals surface area contributed by atoms with Crippen molar-refractivity contribution in [2.75, 3.05) is 26.9 Å². The Morgan fingerprint density at radius 1 is 0.553 bits per heavy atom. The number of esters is 6. The Morgan fingerprint density at radius 2 is 1.00 bits per heavy atom. The van der Waals surface area contributed by atoms with Crippen LogP contribution >= 0.6 is 8.46 Å². The van der Waals surface area contributed by atoms with Gasteiger partial charge < -0.3 is 33.2 Å². The lowest BCUT2D eigenvalue weighted by atomic mass is 9.94. The maximum atomic E-state index is 13.2. The fraction of sp³-hybridized carbons (Fsp3) is 0.750. The second-order valence-electron chi connectivity index (χ2n) is 20.4. The highest BCUT2D eigenvalue weighted by Crippen LogP contribution is 2.43. The average molecular weight is 1090 g/mol. The Bertz CT molecular complexity index is 1880. The predicted molar refractivity (Wildman–Crippen MR) is 294 cm³/mol. The van der Waals surface area contributed by atoms with Crippen LogP contribution in [0.3, 0.4) is 0 Å². The van der Waals surface area contributed by atoms with E-state index >= 15 is 0 Å². The Balaban J connectivity index is 1.85. The van der Waals surface area contributed by atoms with E-state index in [1.165, 1.54) is 123 Å². The molecule has 15 nitrogen and oxygen atoms in total. The van der Waals surface area contributed by atoms with Gasteiger partial charge in [-0.2, -0.15) is 0 Å². The normalized spacial score (nSPS) is 12.1. The van der Waals surface area contributed by atoms with Crippen LogP contribution in [0.15, 0.2) is 11.6 Å². The lowest BCUT2D eigenvalue weighted by molar-refractivity contribution is -0.167. The van der Waals surface area contributed by atoms with Crippen molar-refractivity contribution in [3.8, 4) is 11.5 Å². The minimum Gasteiger partial charge on any atom is -0.496 e. The minimum atomic E-state index is -1.06. The van der Waals surface area contributed by atoms with Gasteiger partial charge in [0.15, 0.2) is 11.9 Å². The molecule has 0 saturated heterocycles. The van der Waals surface area contributed by atoms with E-state index in [2.05, 4.69) is 13.8 Å². The molecule has 0 spiro atoms. The first-order chi connectivity index (χ1) is 36.8. The molecule has 0 bridgehead atoms. The molecule has 0 radical (unpaired) electrons. The molecule has 1 aromatic carbocycles. The van der Waals surface area contributed by atoms with Gasteiger partial charge in [-0.15, -0.1) is 0 Å². The molecule has 430 valence electrons. The van der Waals surface area contributed by atoms with Crippen molar-refractivity contribution >= 4 is 49.8 Å². The summed E-state index contributed by atoms with van der Waals surface area (Å²) in [5.74, 6) is -3.24. The van der Waals surface area contributed by atoms with Crippen LogP contribution in [-0.2, 0) is 70.0 Å². The monoisotopic (exact) mass is 1090 g/mol. The molecular weight excluding hydrogens is 992 g/mol. The van der Waals surface area contributed by atoms with Crippen LogP contribution in [0.5, 0.6) is 11.5 Å². The maximum absolute atomic E-state index is 13.2. The van der Waals surface area contributed by atoms with Crippen molar-refractivity contribution in [3.05, 3.63) is 33.9 Å². The quantitative estimate of drug-likeness (QED) is 0.0149. The van der Waals surface area contributed by atoms with E-state index in [1.54, 1.807) is 6.92 Å². The number of hydrogen-bond acceptors (Lipinski definition) is 15. The highest BCUT2D eigenvalue weighted by atomic mass is 31.1. The zero-order chi connectivity index (χ0) is 55.6. The summed E-state index contributed by atoms with van der Waals surface area (Å²) in [6.45, 7) is 7.29. The molecule has 76 heavy (non-hydrogen) atoms. The highest BCUT2D eigenvalue weighted by molar-refractivity contribution is 7.46. The van der Waals surface area contributed by atoms with Crippen LogP contribution in [0, 0.1) is 6.92 Å². The molecule has 0 unspecified atom stereocenters. The zero-order valence-corrected chi connectivity index (χ0v) is 48.2. The summed E-state index contributed by atoms with van der Waals surface area (Å²) < 4.78 is 49.5. The summed E-state index contributed by atoms with van der Waals surface area (Å²) in [5, 5.41) is 0. The number of rotatable bonds is 48. The Hall–Kier alpha value is -4.65. The molecule has 0 N–H and O–H groups in total. The van der Waals surface area contributed by atoms with Crippen LogP contribution in [0.1, 0.15) is 266 Å². The molecule has 0 aromatic heterocycles. The number of methoxy groups -OCH3 is 1. The molecule has 0 atom stereocenters. The number of hydrogen-bond donors (Lipinski definition) is 0. The molecule has 2 rings (SSSR count). The van der Waals surface area contributed by atoms with E-state index in [1.807, 2.05) is 13.0 Å². The number of allylic oxidation sites excluding steroid dienone is 2. The Kier molecular flexibility index (Phi) is 38.5. The van der Waals surface area contributed by atoms with Gasteiger partial charge in [0.05, 0.1) is 26.6 Å². The molecule has 0 saturated carbocycles. The van der Waals surface area contributed by atoms with Gasteiger partial charge in [0.2, 0.25) is 14.0 Å². The highest BCUT2D eigenvalue weighted by Gasteiger charge is 2.34. The van der Waals surface area contributed by atoms with Gasteiger partial charge in [-0.1, -0.05) is 180 Å². The average Bonchev–Trinajstić information content (AvgIpc) is 3.81. The van der Waals surface area contributed by atoms with Crippen LogP contribution in [0.4, 0.5) is 0 Å². The first-order valence-corrected chi connectivity index (χ1v) is 29.9. The topological polar surface area (TPSA) is 201 Å². The molecule has 0 amide bonds. The van der Waals surface area contributed by atoms with E-state index in [0.717, 1.165) is 44.1 Å². The molecule has 0 fully saturated rings. The van der Waals surface area contributed by atoms with Crippen molar-refractivity contribution in [3.63, 3.8) is 0 Å². The number of carbonyl (C=O) groups is 7. The smallest absolute Gasteiger partial charge is 0.342 e. The minimum absolute atomic E-state index is 0.00567. The van der Waals surface area contributed by atoms with E-state index in [9.17, 15) is 38.1 Å². The fourth-order valence-corrected chi connectivity index (χ4v) is 9.35. The van der Waals surface area contributed by atoms with Gasteiger partial charge in [0.1, 0.15) is 31.1 Å². The standard InChI is InChI=1S/C60H95O15P/c1-6-8-10-12-14-16-18-20-22-24-26-28-30-33-51(61)71-43-48(44-72-52(62)34-31-29-27-25-23-21-19-17-15-13-11-9-7-2)74-55(65)40-39-53(63)70-42-32-35-54(64)75-59-49(38-36-46(3)37-41-56(66)76-68)58(69-5)47(4)50-45-73-60(67)57(50)59/h36,48H,6-35,37-45H2,1-5H3/b46-36+. The van der Waals surface area contributed by atoms with E-state index in [0.29, 0.717) is 41.7 Å². The second-order valence-corrected chi connectivity index (χ2v) is 21.1. The van der Waals surface area contributed by atoms with Crippen molar-refractivity contribution in [2.45, 2.75) is 265 Å². The molecule has 1 aliphatic heterocycles. The lowest BCUT2D eigenvalue weighted by Gasteiger charge is -2.19. The summed E-state index contributed by atoms with van der Waals surface area (Å²) >= 11 is 0. The number of ether oxygens (including phenoxy) is 7. The van der Waals surface area contributed by atoms with Gasteiger partial charge in [0.25, 0.3) is 0 Å². The second kappa shape index (κ2) is 43.3. The van der Waals surface area contributed by atoms with E-state index in [4.69, 9.17) is 33.2 Å². The van der Waals surface area contributed by atoms with Crippen LogP contribution in [0.25, 0.3) is 0 Å². The number of unbranched alkanes of at least 4 members (excludes halogenated alkanes) is 24. The molecule has 1 heterocycles. The third-order valence-electron chi connectivity index (χ3n) is 13.8. The van der Waals surface area contributed by atoms with Crippen LogP contribution < -0.4 is 9.47 Å². The first kappa shape index (κ1) is 67.5. The molecular formula is C60H95O15P. The van der Waals surface area contributed by atoms with Crippen LogP contribution in [0.2, 0.25) is 0 Å². The number of fused-ring (bicyclic) bond motifs is 1. The van der Waals surface area contributed by atoms with Crippen molar-refractivity contribution in [1.82, 2.24) is 0 Å². The van der Waals surface area contributed by atoms with Crippen molar-refractivity contribution < 1.29 is 71.3 Å². The summed E-state index contributed by atoms with van der Waals surface area (Å²) in [7, 11) is 0.916. The summed E-state index contributed by atoms with van der Waals surface area (Å²) in [4.78, 5) is 88.7. The SMILES string of the molecule is CCCCCCCCCCCCCCCC(=O)OCC(COC(=O)CCCCCCCCCCCCCCC)OC(=O)CCC(=O)OCCCC(=O)Oc1c(C/C=C(\C)CCC(=O)P=O)c(OC)c(C)c2c1C(=O)OC2. The Labute approximate surface area is 456 Å². The number of carbonyl (C=O) groups excluding carboxylic acids is 7. The number of cyclic esters (lactones) is 1. The van der Waals surface area contributed by atoms with Crippen molar-refractivity contribution in [2.24, 2.45) is 0 Å². The summed E-state index contributed by atoms with van der Waals surface area (Å²) in [6, 6.07) is 0. The molecule has 16 heteroatoms. The third kappa shape index (κ3) is 30.9. The lowest BCUT2D eigenvalue weighted by Crippen LogP contribution is -2.31. The van der Waals surface area contributed by atoms with Gasteiger partial charge in [-0.25, -0.2) is 4.79 Å². The van der Waals surface area contributed by atoms with Crippen LogP contribution in [-0.4, -0.2) is 74.4 Å². The fourth-order valence-electron chi connectivity index (χ4n) is 9.15. The van der Waals surface area contributed by atoms with E-state index in [-0.39, 0.29) is 89.1 Å². The summed E-state index contributed by atoms with van der Waals surface area (Å²) in [6.07, 6.45) is 31.9. The molecule has 1 aromatic rings. The van der Waals surface area contributed by atoms with Gasteiger partial charge in [-0.05, 0) is 51.5 Å². The van der Waals surface area contributed by atoms with Crippen molar-refractivity contribution in [1.29, 1.82) is 0 Å². The number of benzene rings is 1. The maximum Gasteiger partial charge on any atom is 0.342 e. The largest absolute Gasteiger partial charge is 0.496 e. The Morgan fingerprint density at radius 3 is 1.47 bits per heavy atom. The van der Waals surface area contributed by atoms with Gasteiger partial charge in [0, 0.05) is 36.8 Å². The molecule has 0 aliphatic carbocycles. The van der Waals surface area contributed by atoms with Gasteiger partial charge in [-0.3, -0.25) is 33.3 Å².